The number of carbonyl (C=O) groups excluding carboxylic acids is 2. The lowest BCUT2D eigenvalue weighted by molar-refractivity contribution is -0.128. The predicted octanol–water partition coefficient (Wildman–Crippen LogP) is 2.34. The minimum absolute atomic E-state index is 0.125. The van der Waals surface area contributed by atoms with Gasteiger partial charge in [-0.1, -0.05) is 18.2 Å². The zero-order chi connectivity index (χ0) is 14.5. The SMILES string of the molecule is CCN(C(=O)CC(=O)NC(C)(C)C)c1ccccc1. The van der Waals surface area contributed by atoms with Gasteiger partial charge in [0.25, 0.3) is 0 Å². The van der Waals surface area contributed by atoms with Crippen molar-refractivity contribution in [1.29, 1.82) is 0 Å². The number of para-hydroxylation sites is 1. The molecule has 4 heteroatoms. The third kappa shape index (κ3) is 5.12. The molecule has 104 valence electrons. The average molecular weight is 262 g/mol. The van der Waals surface area contributed by atoms with Crippen molar-refractivity contribution in [3.8, 4) is 0 Å². The predicted molar refractivity (Wildman–Crippen MR) is 77.0 cm³/mol. The molecule has 0 aliphatic carbocycles. The van der Waals surface area contributed by atoms with Crippen molar-refractivity contribution in [2.45, 2.75) is 39.7 Å². The second kappa shape index (κ2) is 6.36. The molecule has 0 saturated carbocycles. The Bertz CT molecular complexity index is 435. The van der Waals surface area contributed by atoms with E-state index in [4.69, 9.17) is 0 Å². The van der Waals surface area contributed by atoms with Gasteiger partial charge in [-0.05, 0) is 39.8 Å². The Kier molecular flexibility index (Phi) is 5.10. The molecule has 0 spiro atoms. The third-order valence-electron chi connectivity index (χ3n) is 2.51. The quantitative estimate of drug-likeness (QED) is 0.847. The fourth-order valence-corrected chi connectivity index (χ4v) is 1.81. The summed E-state index contributed by atoms with van der Waals surface area (Å²) < 4.78 is 0. The number of rotatable bonds is 4. The molecule has 0 aliphatic heterocycles. The van der Waals surface area contributed by atoms with E-state index < -0.39 is 0 Å². The molecule has 0 aromatic heterocycles. The summed E-state index contributed by atoms with van der Waals surface area (Å²) in [5.41, 5.74) is 0.500. The maximum atomic E-state index is 12.1. The lowest BCUT2D eigenvalue weighted by Gasteiger charge is -2.23. The van der Waals surface area contributed by atoms with Crippen LogP contribution >= 0.6 is 0 Å². The van der Waals surface area contributed by atoms with Crippen LogP contribution in [0.15, 0.2) is 30.3 Å². The summed E-state index contributed by atoms with van der Waals surface area (Å²) in [5, 5.41) is 2.79. The van der Waals surface area contributed by atoms with Crippen molar-refractivity contribution in [1.82, 2.24) is 5.32 Å². The first-order valence-corrected chi connectivity index (χ1v) is 6.50. The summed E-state index contributed by atoms with van der Waals surface area (Å²) in [6.45, 7) is 8.12. The van der Waals surface area contributed by atoms with Crippen molar-refractivity contribution < 1.29 is 9.59 Å². The molecule has 0 unspecified atom stereocenters. The van der Waals surface area contributed by atoms with Gasteiger partial charge in [0.1, 0.15) is 6.42 Å². The maximum Gasteiger partial charge on any atom is 0.236 e. The monoisotopic (exact) mass is 262 g/mol. The first-order valence-electron chi connectivity index (χ1n) is 6.50. The van der Waals surface area contributed by atoms with Crippen LogP contribution in [0.1, 0.15) is 34.1 Å². The summed E-state index contributed by atoms with van der Waals surface area (Å²) in [5.74, 6) is -0.428. The zero-order valence-electron chi connectivity index (χ0n) is 12.1. The molecule has 0 bridgehead atoms. The zero-order valence-corrected chi connectivity index (χ0v) is 12.1. The highest BCUT2D eigenvalue weighted by Crippen LogP contribution is 2.14. The van der Waals surface area contributed by atoms with Gasteiger partial charge in [-0.2, -0.15) is 0 Å². The van der Waals surface area contributed by atoms with E-state index in [1.165, 1.54) is 0 Å². The number of amides is 2. The lowest BCUT2D eigenvalue weighted by Crippen LogP contribution is -2.43. The van der Waals surface area contributed by atoms with Gasteiger partial charge in [0.05, 0.1) is 0 Å². The van der Waals surface area contributed by atoms with Crippen LogP contribution in [0.25, 0.3) is 0 Å². The third-order valence-corrected chi connectivity index (χ3v) is 2.51. The highest BCUT2D eigenvalue weighted by atomic mass is 16.2. The van der Waals surface area contributed by atoms with Crippen molar-refractivity contribution in [3.05, 3.63) is 30.3 Å². The Hall–Kier alpha value is -1.84. The van der Waals surface area contributed by atoms with Crippen LogP contribution < -0.4 is 10.2 Å². The van der Waals surface area contributed by atoms with Gasteiger partial charge >= 0.3 is 0 Å². The minimum Gasteiger partial charge on any atom is -0.351 e. The maximum absolute atomic E-state index is 12.1. The van der Waals surface area contributed by atoms with Crippen molar-refractivity contribution in [2.75, 3.05) is 11.4 Å². The Morgan fingerprint density at radius 3 is 2.21 bits per heavy atom. The van der Waals surface area contributed by atoms with Crippen LogP contribution in [0.5, 0.6) is 0 Å². The van der Waals surface area contributed by atoms with Gasteiger partial charge in [0.15, 0.2) is 0 Å². The molecule has 19 heavy (non-hydrogen) atoms. The number of nitrogens with zero attached hydrogens (tertiary/aromatic N) is 1. The Morgan fingerprint density at radius 1 is 1.16 bits per heavy atom. The summed E-state index contributed by atoms with van der Waals surface area (Å²) in [7, 11) is 0. The fourth-order valence-electron chi connectivity index (χ4n) is 1.81. The van der Waals surface area contributed by atoms with Gasteiger partial charge in [-0.25, -0.2) is 0 Å². The molecule has 0 saturated heterocycles. The van der Waals surface area contributed by atoms with Crippen molar-refractivity contribution in [3.63, 3.8) is 0 Å². The smallest absolute Gasteiger partial charge is 0.236 e. The van der Waals surface area contributed by atoms with Crippen LogP contribution in [0.4, 0.5) is 5.69 Å². The molecule has 4 nitrogen and oxygen atoms in total. The van der Waals surface area contributed by atoms with E-state index in [2.05, 4.69) is 5.32 Å². The van der Waals surface area contributed by atoms with Gasteiger partial charge in [0.2, 0.25) is 11.8 Å². The highest BCUT2D eigenvalue weighted by molar-refractivity contribution is 6.05. The number of nitrogens with one attached hydrogen (secondary N) is 1. The lowest BCUT2D eigenvalue weighted by atomic mass is 10.1. The summed E-state index contributed by atoms with van der Waals surface area (Å²) in [6.07, 6.45) is -0.125. The Balaban J connectivity index is 2.68. The van der Waals surface area contributed by atoms with Crippen LogP contribution in [-0.4, -0.2) is 23.9 Å². The average Bonchev–Trinajstić information content (AvgIpc) is 2.28. The van der Waals surface area contributed by atoms with Gasteiger partial charge in [-0.3, -0.25) is 9.59 Å². The molecule has 1 aromatic carbocycles. The number of carbonyl (C=O) groups is 2. The molecule has 1 rings (SSSR count). The standard InChI is InChI=1S/C15H22N2O2/c1-5-17(12-9-7-6-8-10-12)14(19)11-13(18)16-15(2,3)4/h6-10H,5,11H2,1-4H3,(H,16,18). The first-order chi connectivity index (χ1) is 8.83. The van der Waals surface area contributed by atoms with Crippen LogP contribution in [0.3, 0.4) is 0 Å². The molecule has 0 radical (unpaired) electrons. The first kappa shape index (κ1) is 15.2. The minimum atomic E-state index is -0.318. The molecule has 2 amide bonds. The van der Waals surface area contributed by atoms with Crippen LogP contribution in [0.2, 0.25) is 0 Å². The molecule has 0 atom stereocenters. The van der Waals surface area contributed by atoms with E-state index in [0.29, 0.717) is 6.54 Å². The molecule has 1 N–H and O–H groups in total. The molecule has 0 fully saturated rings. The summed E-state index contributed by atoms with van der Waals surface area (Å²) in [4.78, 5) is 25.5. The normalized spacial score (nSPS) is 10.9. The Morgan fingerprint density at radius 2 is 1.74 bits per heavy atom. The van der Waals surface area contributed by atoms with E-state index in [0.717, 1.165) is 5.69 Å². The van der Waals surface area contributed by atoms with Crippen molar-refractivity contribution in [2.24, 2.45) is 0 Å². The van der Waals surface area contributed by atoms with Gasteiger partial charge < -0.3 is 10.2 Å². The fraction of sp³-hybridized carbons (Fsp3) is 0.467. The molecule has 0 heterocycles. The number of hydrogen-bond donors (Lipinski definition) is 1. The number of hydrogen-bond acceptors (Lipinski definition) is 2. The molecular formula is C15H22N2O2. The molecule has 1 aromatic rings. The van der Waals surface area contributed by atoms with E-state index in [1.54, 1.807) is 4.90 Å². The highest BCUT2D eigenvalue weighted by Gasteiger charge is 2.20. The van der Waals surface area contributed by atoms with Crippen LogP contribution in [0, 0.1) is 0 Å². The van der Waals surface area contributed by atoms with Gasteiger partial charge in [-0.15, -0.1) is 0 Å². The van der Waals surface area contributed by atoms with Crippen molar-refractivity contribution >= 4 is 17.5 Å². The molecular weight excluding hydrogens is 240 g/mol. The van der Waals surface area contributed by atoms with E-state index in [9.17, 15) is 9.59 Å². The summed E-state index contributed by atoms with van der Waals surface area (Å²) in [6, 6.07) is 9.38. The van der Waals surface area contributed by atoms with Gasteiger partial charge in [0, 0.05) is 17.8 Å². The second-order valence-electron chi connectivity index (χ2n) is 5.45. The van der Waals surface area contributed by atoms with E-state index >= 15 is 0 Å². The van der Waals surface area contributed by atoms with E-state index in [1.807, 2.05) is 58.0 Å². The number of benzene rings is 1. The second-order valence-corrected chi connectivity index (χ2v) is 5.45. The number of anilines is 1. The van der Waals surface area contributed by atoms with E-state index in [-0.39, 0.29) is 23.8 Å². The molecule has 0 aliphatic rings. The topological polar surface area (TPSA) is 49.4 Å². The summed E-state index contributed by atoms with van der Waals surface area (Å²) >= 11 is 0. The Labute approximate surface area is 114 Å². The van der Waals surface area contributed by atoms with Crippen LogP contribution in [-0.2, 0) is 9.59 Å². The largest absolute Gasteiger partial charge is 0.351 e.